The Morgan fingerprint density at radius 1 is 0.875 bits per heavy atom. The second-order valence-corrected chi connectivity index (χ2v) is 4.03. The van der Waals surface area contributed by atoms with E-state index in [4.69, 9.17) is 0 Å². The molecule has 1 aromatic carbocycles. The first kappa shape index (κ1) is 13.4. The van der Waals surface area contributed by atoms with Gasteiger partial charge in [-0.1, -0.05) is 23.2 Å². The van der Waals surface area contributed by atoms with Gasteiger partial charge in [0.2, 0.25) is 0 Å². The van der Waals surface area contributed by atoms with Crippen molar-refractivity contribution in [1.82, 2.24) is 0 Å². The molecule has 0 bridgehead atoms. The van der Waals surface area contributed by atoms with Gasteiger partial charge in [-0.25, -0.2) is 17.6 Å². The first-order valence-electron chi connectivity index (χ1n) is 3.67. The van der Waals surface area contributed by atoms with Gasteiger partial charge in [0.1, 0.15) is 11.4 Å². The minimum absolute atomic E-state index is 0.209. The maximum atomic E-state index is 13.1. The van der Waals surface area contributed by atoms with E-state index in [0.717, 1.165) is 0 Å². The SMILES string of the molecule is Fc1ccc(F)c(C(F)(F)C(F)(Cl)Cl)c1F. The largest absolute Gasteiger partial charge is 0.340 e. The number of halogens is 8. The van der Waals surface area contributed by atoms with Gasteiger partial charge in [-0.2, -0.15) is 8.78 Å². The summed E-state index contributed by atoms with van der Waals surface area (Å²) in [6.45, 7) is 0. The van der Waals surface area contributed by atoms with E-state index in [2.05, 4.69) is 23.2 Å². The van der Waals surface area contributed by atoms with Crippen molar-refractivity contribution in [3.05, 3.63) is 35.1 Å². The van der Waals surface area contributed by atoms with Gasteiger partial charge >= 0.3 is 10.5 Å². The summed E-state index contributed by atoms with van der Waals surface area (Å²) in [5.41, 5.74) is -2.15. The van der Waals surface area contributed by atoms with Crippen LogP contribution in [0, 0.1) is 17.5 Å². The second kappa shape index (κ2) is 4.00. The van der Waals surface area contributed by atoms with Gasteiger partial charge in [0.05, 0.1) is 0 Å². The first-order valence-corrected chi connectivity index (χ1v) is 4.43. The minimum atomic E-state index is -4.92. The Labute approximate surface area is 95.8 Å². The van der Waals surface area contributed by atoms with Gasteiger partial charge in [-0.3, -0.25) is 0 Å². The average Bonchev–Trinajstić information content (AvgIpc) is 2.10. The summed E-state index contributed by atoms with van der Waals surface area (Å²) >= 11 is 8.90. The lowest BCUT2D eigenvalue weighted by Crippen LogP contribution is -2.34. The predicted octanol–water partition coefficient (Wildman–Crippen LogP) is 4.30. The summed E-state index contributed by atoms with van der Waals surface area (Å²) in [6.07, 6.45) is 0. The highest BCUT2D eigenvalue weighted by atomic mass is 35.5. The lowest BCUT2D eigenvalue weighted by Gasteiger charge is -2.23. The van der Waals surface area contributed by atoms with E-state index < -0.39 is 33.5 Å². The zero-order valence-corrected chi connectivity index (χ0v) is 8.69. The van der Waals surface area contributed by atoms with E-state index in [-0.39, 0.29) is 12.1 Å². The van der Waals surface area contributed by atoms with Crippen molar-refractivity contribution in [1.29, 1.82) is 0 Å². The molecule has 0 heterocycles. The Morgan fingerprint density at radius 3 is 1.75 bits per heavy atom. The molecule has 0 aliphatic carbocycles. The summed E-state index contributed by atoms with van der Waals surface area (Å²) in [5.74, 6) is -10.8. The molecular weight excluding hydrogens is 281 g/mol. The van der Waals surface area contributed by atoms with Crippen molar-refractivity contribution >= 4 is 23.2 Å². The highest BCUT2D eigenvalue weighted by molar-refractivity contribution is 6.47. The zero-order valence-electron chi connectivity index (χ0n) is 7.18. The Balaban J connectivity index is 3.50. The Kier molecular flexibility index (Phi) is 3.36. The fraction of sp³-hybridized carbons (Fsp3) is 0.250. The average molecular weight is 283 g/mol. The monoisotopic (exact) mass is 282 g/mol. The molecule has 0 unspecified atom stereocenters. The number of alkyl halides is 5. The van der Waals surface area contributed by atoms with Crippen LogP contribution in [-0.2, 0) is 5.92 Å². The van der Waals surface area contributed by atoms with Crippen LogP contribution < -0.4 is 0 Å². The van der Waals surface area contributed by atoms with Gasteiger partial charge in [0, 0.05) is 0 Å². The van der Waals surface area contributed by atoms with Crippen molar-refractivity contribution in [3.8, 4) is 0 Å². The van der Waals surface area contributed by atoms with E-state index in [9.17, 15) is 26.3 Å². The highest BCUT2D eigenvalue weighted by Gasteiger charge is 2.57. The summed E-state index contributed by atoms with van der Waals surface area (Å²) in [6, 6.07) is 0.480. The number of benzene rings is 1. The highest BCUT2D eigenvalue weighted by Crippen LogP contribution is 2.48. The predicted molar refractivity (Wildman–Crippen MR) is 45.8 cm³/mol. The molecule has 1 aromatic rings. The summed E-state index contributed by atoms with van der Waals surface area (Å²) < 4.78 is 73.0. The Bertz CT molecular complexity index is 412. The summed E-state index contributed by atoms with van der Waals surface area (Å²) in [7, 11) is 0. The molecule has 0 aliphatic rings. The van der Waals surface area contributed by atoms with Crippen LogP contribution in [0.4, 0.5) is 26.3 Å². The lowest BCUT2D eigenvalue weighted by atomic mass is 10.1. The van der Waals surface area contributed by atoms with Gasteiger partial charge in [-0.15, -0.1) is 0 Å². The molecule has 1 rings (SSSR count). The van der Waals surface area contributed by atoms with Crippen molar-refractivity contribution < 1.29 is 26.3 Å². The van der Waals surface area contributed by atoms with E-state index in [1.807, 2.05) is 0 Å². The van der Waals surface area contributed by atoms with Gasteiger partial charge < -0.3 is 0 Å². The molecule has 0 spiro atoms. The normalized spacial score (nSPS) is 13.0. The molecule has 0 saturated heterocycles. The fourth-order valence-corrected chi connectivity index (χ4v) is 1.15. The number of hydrogen-bond donors (Lipinski definition) is 0. The molecule has 0 atom stereocenters. The molecule has 0 nitrogen and oxygen atoms in total. The Hall–Kier alpha value is -0.620. The first-order chi connectivity index (χ1) is 7.09. The van der Waals surface area contributed by atoms with Crippen LogP contribution in [-0.4, -0.2) is 4.59 Å². The fourth-order valence-electron chi connectivity index (χ4n) is 0.957. The topological polar surface area (TPSA) is 0 Å². The zero-order chi connectivity index (χ0) is 12.7. The van der Waals surface area contributed by atoms with Crippen LogP contribution in [0.2, 0.25) is 0 Å². The molecule has 0 fully saturated rings. The van der Waals surface area contributed by atoms with E-state index in [1.165, 1.54) is 0 Å². The maximum Gasteiger partial charge on any atom is 0.340 e. The standard InChI is InChI=1S/C8H2Cl2F6/c9-8(10,16)7(14,15)5-3(11)1-2-4(12)6(5)13/h1-2H. The van der Waals surface area contributed by atoms with Crippen LogP contribution >= 0.6 is 23.2 Å². The molecular formula is C8H2Cl2F6. The molecule has 0 aromatic heterocycles. The molecule has 8 heteroatoms. The molecule has 0 radical (unpaired) electrons. The Morgan fingerprint density at radius 2 is 1.31 bits per heavy atom. The van der Waals surface area contributed by atoms with Crippen LogP contribution in [0.3, 0.4) is 0 Å². The van der Waals surface area contributed by atoms with Crippen molar-refractivity contribution in [2.24, 2.45) is 0 Å². The lowest BCUT2D eigenvalue weighted by molar-refractivity contribution is -0.0710. The summed E-state index contributed by atoms with van der Waals surface area (Å²) in [4.78, 5) is 0. The number of hydrogen-bond acceptors (Lipinski definition) is 0. The van der Waals surface area contributed by atoms with Crippen molar-refractivity contribution in [3.63, 3.8) is 0 Å². The smallest absolute Gasteiger partial charge is 0.206 e. The molecule has 90 valence electrons. The molecule has 0 N–H and O–H groups in total. The van der Waals surface area contributed by atoms with E-state index in [1.54, 1.807) is 0 Å². The third-order valence-electron chi connectivity index (χ3n) is 1.71. The van der Waals surface area contributed by atoms with Crippen molar-refractivity contribution in [2.45, 2.75) is 10.5 Å². The second-order valence-electron chi connectivity index (χ2n) is 2.79. The van der Waals surface area contributed by atoms with Crippen LogP contribution in [0.1, 0.15) is 5.56 Å². The van der Waals surface area contributed by atoms with Gasteiger partial charge in [-0.05, 0) is 12.1 Å². The van der Waals surface area contributed by atoms with E-state index in [0.29, 0.717) is 0 Å². The minimum Gasteiger partial charge on any atom is -0.206 e. The van der Waals surface area contributed by atoms with Crippen molar-refractivity contribution in [2.75, 3.05) is 0 Å². The van der Waals surface area contributed by atoms with Crippen LogP contribution in [0.25, 0.3) is 0 Å². The molecule has 0 aliphatic heterocycles. The van der Waals surface area contributed by atoms with Gasteiger partial charge in [0.15, 0.2) is 11.6 Å². The van der Waals surface area contributed by atoms with Crippen LogP contribution in [0.5, 0.6) is 0 Å². The van der Waals surface area contributed by atoms with Crippen LogP contribution in [0.15, 0.2) is 12.1 Å². The van der Waals surface area contributed by atoms with Gasteiger partial charge in [0.25, 0.3) is 0 Å². The third kappa shape index (κ3) is 2.08. The molecule has 16 heavy (non-hydrogen) atoms. The quantitative estimate of drug-likeness (QED) is 0.431. The third-order valence-corrected chi connectivity index (χ3v) is 2.19. The summed E-state index contributed by atoms with van der Waals surface area (Å²) in [5, 5.41) is 0. The molecule has 0 saturated carbocycles. The molecule has 0 amide bonds. The van der Waals surface area contributed by atoms with E-state index >= 15 is 0 Å². The number of rotatable bonds is 2. The maximum absolute atomic E-state index is 13.1.